The Morgan fingerprint density at radius 1 is 1.06 bits per heavy atom. The molecule has 1 saturated heterocycles. The fourth-order valence-electron chi connectivity index (χ4n) is 4.09. The number of hydrogen-bond donors (Lipinski definition) is 2. The summed E-state index contributed by atoms with van der Waals surface area (Å²) in [6.45, 7) is 5.27. The van der Waals surface area contributed by atoms with Gasteiger partial charge in [0.25, 0.3) is 0 Å². The molecule has 3 aromatic rings. The van der Waals surface area contributed by atoms with Crippen molar-refractivity contribution >= 4 is 5.82 Å². The van der Waals surface area contributed by atoms with E-state index in [9.17, 15) is 5.11 Å². The van der Waals surface area contributed by atoms with Gasteiger partial charge in [0.05, 0.1) is 26.0 Å². The number of benzene rings is 2. The Kier molecular flexibility index (Phi) is 6.19. The average molecular weight is 450 g/mol. The number of methoxy groups -OCH3 is 1. The number of aromatic nitrogens is 1. The van der Waals surface area contributed by atoms with Crippen molar-refractivity contribution in [1.29, 1.82) is 0 Å². The van der Waals surface area contributed by atoms with E-state index in [1.165, 1.54) is 0 Å². The summed E-state index contributed by atoms with van der Waals surface area (Å²) < 4.78 is 22.0. The number of para-hydroxylation sites is 1. The number of rotatable bonds is 7. The van der Waals surface area contributed by atoms with Crippen LogP contribution in [-0.4, -0.2) is 68.3 Å². The molecule has 0 saturated carbocycles. The van der Waals surface area contributed by atoms with Gasteiger partial charge in [-0.25, -0.2) is 4.98 Å². The van der Waals surface area contributed by atoms with Gasteiger partial charge < -0.3 is 29.4 Å². The summed E-state index contributed by atoms with van der Waals surface area (Å²) in [6.07, 6.45) is 0. The maximum Gasteiger partial charge on any atom is 0.231 e. The third-order valence-corrected chi connectivity index (χ3v) is 5.85. The maximum absolute atomic E-state index is 10.6. The molecule has 5 rings (SSSR count). The third kappa shape index (κ3) is 4.67. The molecule has 0 unspecified atom stereocenters. The van der Waals surface area contributed by atoms with Crippen LogP contribution in [0.2, 0.25) is 0 Å². The first-order valence-corrected chi connectivity index (χ1v) is 11.0. The lowest BCUT2D eigenvalue weighted by Gasteiger charge is -2.26. The van der Waals surface area contributed by atoms with Crippen molar-refractivity contribution in [3.05, 3.63) is 48.5 Å². The van der Waals surface area contributed by atoms with Gasteiger partial charge in [0, 0.05) is 43.4 Å². The van der Waals surface area contributed by atoms with Gasteiger partial charge in [-0.3, -0.25) is 4.90 Å². The molecule has 2 aliphatic rings. The second-order valence-corrected chi connectivity index (χ2v) is 7.93. The Hall–Kier alpha value is -3.49. The van der Waals surface area contributed by atoms with E-state index in [2.05, 4.69) is 10.2 Å². The van der Waals surface area contributed by atoms with Crippen molar-refractivity contribution in [3.8, 4) is 45.4 Å². The van der Waals surface area contributed by atoms with E-state index in [0.29, 0.717) is 22.8 Å². The van der Waals surface area contributed by atoms with E-state index in [4.69, 9.17) is 23.9 Å². The Labute approximate surface area is 192 Å². The van der Waals surface area contributed by atoms with E-state index >= 15 is 0 Å². The Morgan fingerprint density at radius 2 is 1.94 bits per heavy atom. The average Bonchev–Trinajstić information content (AvgIpc) is 3.33. The molecule has 8 heteroatoms. The van der Waals surface area contributed by atoms with E-state index in [-0.39, 0.29) is 12.5 Å². The number of ether oxygens (including phenoxy) is 4. The molecule has 1 fully saturated rings. The molecule has 0 spiro atoms. The molecule has 0 aliphatic carbocycles. The van der Waals surface area contributed by atoms with Crippen molar-refractivity contribution < 1.29 is 24.1 Å². The maximum atomic E-state index is 10.6. The van der Waals surface area contributed by atoms with E-state index in [1.807, 2.05) is 42.5 Å². The van der Waals surface area contributed by atoms with Gasteiger partial charge in [-0.15, -0.1) is 0 Å². The first kappa shape index (κ1) is 21.4. The largest absolute Gasteiger partial charge is 0.507 e. The smallest absolute Gasteiger partial charge is 0.231 e. The molecule has 33 heavy (non-hydrogen) atoms. The van der Waals surface area contributed by atoms with Gasteiger partial charge in [0.2, 0.25) is 6.79 Å². The van der Waals surface area contributed by atoms with Crippen LogP contribution >= 0.6 is 0 Å². The highest BCUT2D eigenvalue weighted by Gasteiger charge is 2.20. The quantitative estimate of drug-likeness (QED) is 0.566. The van der Waals surface area contributed by atoms with E-state index in [1.54, 1.807) is 13.2 Å². The fourth-order valence-corrected chi connectivity index (χ4v) is 4.09. The van der Waals surface area contributed by atoms with Crippen LogP contribution in [0.1, 0.15) is 0 Å². The molecule has 0 bridgehead atoms. The SMILES string of the molecule is COc1ccc(-c2cc(-c3cccc4c3OCO4)cc(NCCN3CCOCC3)n2)c(O)c1. The Bertz CT molecular complexity index is 1130. The fraction of sp³-hybridized carbons (Fsp3) is 0.320. The molecule has 2 aromatic carbocycles. The molecule has 0 atom stereocenters. The van der Waals surface area contributed by atoms with Crippen molar-refractivity contribution in [2.24, 2.45) is 0 Å². The summed E-state index contributed by atoms with van der Waals surface area (Å²) in [4.78, 5) is 7.16. The summed E-state index contributed by atoms with van der Waals surface area (Å²) in [7, 11) is 1.57. The van der Waals surface area contributed by atoms with Crippen LogP contribution in [0.25, 0.3) is 22.4 Å². The Morgan fingerprint density at radius 3 is 2.76 bits per heavy atom. The molecule has 1 aromatic heterocycles. The van der Waals surface area contributed by atoms with Crippen molar-refractivity contribution in [2.75, 3.05) is 58.6 Å². The van der Waals surface area contributed by atoms with Gasteiger partial charge in [0.1, 0.15) is 17.3 Å². The topological polar surface area (TPSA) is 85.3 Å². The summed E-state index contributed by atoms with van der Waals surface area (Å²) >= 11 is 0. The number of phenolic OH excluding ortho intramolecular Hbond substituents is 1. The van der Waals surface area contributed by atoms with Crippen LogP contribution in [0.3, 0.4) is 0 Å². The van der Waals surface area contributed by atoms with Gasteiger partial charge in [0.15, 0.2) is 11.5 Å². The molecule has 0 radical (unpaired) electrons. The number of phenols is 1. The van der Waals surface area contributed by atoms with Crippen LogP contribution in [0.5, 0.6) is 23.0 Å². The van der Waals surface area contributed by atoms with Crippen LogP contribution in [0.15, 0.2) is 48.5 Å². The normalized spacial score (nSPS) is 15.4. The van der Waals surface area contributed by atoms with E-state index < -0.39 is 0 Å². The molecular weight excluding hydrogens is 422 g/mol. The van der Waals surface area contributed by atoms with Crippen LogP contribution < -0.4 is 19.5 Å². The number of aromatic hydroxyl groups is 1. The van der Waals surface area contributed by atoms with Gasteiger partial charge in [-0.05, 0) is 35.9 Å². The minimum atomic E-state index is 0.108. The second kappa shape index (κ2) is 9.56. The lowest BCUT2D eigenvalue weighted by atomic mass is 10.0. The zero-order chi connectivity index (χ0) is 22.6. The van der Waals surface area contributed by atoms with Crippen LogP contribution in [-0.2, 0) is 4.74 Å². The first-order chi connectivity index (χ1) is 16.2. The van der Waals surface area contributed by atoms with E-state index in [0.717, 1.165) is 62.1 Å². The van der Waals surface area contributed by atoms with Gasteiger partial charge in [-0.1, -0.05) is 12.1 Å². The zero-order valence-electron chi connectivity index (χ0n) is 18.5. The second-order valence-electron chi connectivity index (χ2n) is 7.93. The minimum Gasteiger partial charge on any atom is -0.507 e. The highest BCUT2D eigenvalue weighted by molar-refractivity contribution is 5.81. The highest BCUT2D eigenvalue weighted by Crippen LogP contribution is 2.43. The standard InChI is InChI=1S/C25H27N3O5/c1-30-18-5-6-20(22(29)15-18)21-13-17(19-3-2-4-23-25(19)33-16-32-23)14-24(27-21)26-7-8-28-9-11-31-12-10-28/h2-6,13-15,29H,7-12,16H2,1H3,(H,26,27). The molecule has 8 nitrogen and oxygen atoms in total. The molecule has 2 N–H and O–H groups in total. The first-order valence-electron chi connectivity index (χ1n) is 11.0. The lowest BCUT2D eigenvalue weighted by molar-refractivity contribution is 0.0398. The summed E-state index contributed by atoms with van der Waals surface area (Å²) in [6, 6.07) is 15.0. The monoisotopic (exact) mass is 449 g/mol. The number of nitrogens with zero attached hydrogens (tertiary/aromatic N) is 2. The lowest BCUT2D eigenvalue weighted by Crippen LogP contribution is -2.39. The Balaban J connectivity index is 1.48. The number of anilines is 1. The predicted molar refractivity (Wildman–Crippen MR) is 125 cm³/mol. The van der Waals surface area contributed by atoms with Crippen molar-refractivity contribution in [1.82, 2.24) is 9.88 Å². The number of morpholine rings is 1. The summed E-state index contributed by atoms with van der Waals surface area (Å²) in [5, 5.41) is 14.1. The molecule has 2 aliphatic heterocycles. The van der Waals surface area contributed by atoms with Crippen LogP contribution in [0, 0.1) is 0 Å². The number of hydrogen-bond acceptors (Lipinski definition) is 8. The van der Waals surface area contributed by atoms with Gasteiger partial charge >= 0.3 is 0 Å². The van der Waals surface area contributed by atoms with Crippen LogP contribution in [0.4, 0.5) is 5.82 Å². The highest BCUT2D eigenvalue weighted by atomic mass is 16.7. The summed E-state index contributed by atoms with van der Waals surface area (Å²) in [5.41, 5.74) is 3.11. The molecule has 172 valence electrons. The van der Waals surface area contributed by atoms with Crippen molar-refractivity contribution in [3.63, 3.8) is 0 Å². The molecule has 0 amide bonds. The third-order valence-electron chi connectivity index (χ3n) is 5.85. The summed E-state index contributed by atoms with van der Waals surface area (Å²) in [5.74, 6) is 2.86. The van der Waals surface area contributed by atoms with Crippen molar-refractivity contribution in [2.45, 2.75) is 0 Å². The number of pyridine rings is 1. The molecular formula is C25H27N3O5. The minimum absolute atomic E-state index is 0.108. The number of fused-ring (bicyclic) bond motifs is 1. The predicted octanol–water partition coefficient (Wildman–Crippen LogP) is 3.60. The molecule has 3 heterocycles. The van der Waals surface area contributed by atoms with Gasteiger partial charge in [-0.2, -0.15) is 0 Å². The zero-order valence-corrected chi connectivity index (χ0v) is 18.5. The number of nitrogens with one attached hydrogen (secondary N) is 1.